The average Bonchev–Trinajstić information content (AvgIpc) is 2.18. The van der Waals surface area contributed by atoms with Gasteiger partial charge in [-0.05, 0) is 34.1 Å². The summed E-state index contributed by atoms with van der Waals surface area (Å²) in [6.45, 7) is 3.21. The molecule has 0 fully saturated rings. The summed E-state index contributed by atoms with van der Waals surface area (Å²) in [5.41, 5.74) is -0.260. The lowest BCUT2D eigenvalue weighted by atomic mass is 10.2. The van der Waals surface area contributed by atoms with Gasteiger partial charge in [-0.15, -0.1) is 0 Å². The zero-order valence-corrected chi connectivity index (χ0v) is 8.64. The first-order chi connectivity index (χ1) is 6.56. The van der Waals surface area contributed by atoms with Gasteiger partial charge in [-0.25, -0.2) is 4.39 Å². The van der Waals surface area contributed by atoms with E-state index in [1.54, 1.807) is 0 Å². The van der Waals surface area contributed by atoms with E-state index in [4.69, 9.17) is 0 Å². The van der Waals surface area contributed by atoms with Gasteiger partial charge < -0.3 is 10.4 Å². The standard InChI is InChI=1S/C9H7BrFNO2/c1-2-7(14)12-9-6(13)4-3-5(10)8(9)11/h2-4,13H,1H2,(H,12,14). The van der Waals surface area contributed by atoms with Crippen molar-refractivity contribution in [2.75, 3.05) is 5.32 Å². The molecule has 1 amide bonds. The first kappa shape index (κ1) is 10.7. The minimum atomic E-state index is -0.722. The molecular weight excluding hydrogens is 253 g/mol. The van der Waals surface area contributed by atoms with Crippen LogP contribution in [0.25, 0.3) is 0 Å². The molecule has 14 heavy (non-hydrogen) atoms. The Hall–Kier alpha value is -1.36. The van der Waals surface area contributed by atoms with Gasteiger partial charge in [-0.3, -0.25) is 4.79 Å². The van der Waals surface area contributed by atoms with Crippen LogP contribution in [0.4, 0.5) is 10.1 Å². The Bertz CT molecular complexity index is 393. The van der Waals surface area contributed by atoms with E-state index in [2.05, 4.69) is 27.8 Å². The summed E-state index contributed by atoms with van der Waals surface area (Å²) < 4.78 is 13.5. The van der Waals surface area contributed by atoms with Crippen LogP contribution in [0.15, 0.2) is 29.3 Å². The molecule has 1 aromatic rings. The van der Waals surface area contributed by atoms with Crippen molar-refractivity contribution in [2.45, 2.75) is 0 Å². The van der Waals surface area contributed by atoms with Crippen molar-refractivity contribution < 1.29 is 14.3 Å². The number of benzene rings is 1. The minimum absolute atomic E-state index is 0.162. The highest BCUT2D eigenvalue weighted by molar-refractivity contribution is 9.10. The molecule has 2 N–H and O–H groups in total. The molecule has 0 aliphatic heterocycles. The Labute approximate surface area is 88.4 Å². The first-order valence-corrected chi connectivity index (χ1v) is 4.46. The van der Waals surface area contributed by atoms with Crippen molar-refractivity contribution in [2.24, 2.45) is 0 Å². The molecule has 0 aliphatic carbocycles. The van der Waals surface area contributed by atoms with Gasteiger partial charge in [0.25, 0.3) is 0 Å². The molecular formula is C9H7BrFNO2. The molecule has 0 saturated carbocycles. The predicted octanol–water partition coefficient (Wildman–Crippen LogP) is 2.42. The fourth-order valence-electron chi connectivity index (χ4n) is 0.834. The number of hydrogen-bond acceptors (Lipinski definition) is 2. The second-order valence-electron chi connectivity index (χ2n) is 2.45. The van der Waals surface area contributed by atoms with Crippen molar-refractivity contribution in [1.82, 2.24) is 0 Å². The Morgan fingerprint density at radius 1 is 1.64 bits per heavy atom. The lowest BCUT2D eigenvalue weighted by molar-refractivity contribution is -0.111. The van der Waals surface area contributed by atoms with E-state index >= 15 is 0 Å². The van der Waals surface area contributed by atoms with Crippen molar-refractivity contribution >= 4 is 27.5 Å². The molecule has 5 heteroatoms. The number of nitrogens with one attached hydrogen (secondary N) is 1. The first-order valence-electron chi connectivity index (χ1n) is 3.66. The van der Waals surface area contributed by atoms with Crippen molar-refractivity contribution in [3.05, 3.63) is 35.1 Å². The Morgan fingerprint density at radius 2 is 2.29 bits per heavy atom. The van der Waals surface area contributed by atoms with Crippen LogP contribution in [-0.2, 0) is 4.79 Å². The molecule has 1 aromatic carbocycles. The average molecular weight is 260 g/mol. The van der Waals surface area contributed by atoms with Gasteiger partial charge >= 0.3 is 0 Å². The molecule has 0 aromatic heterocycles. The number of carbonyl (C=O) groups is 1. The zero-order valence-electron chi connectivity index (χ0n) is 7.05. The smallest absolute Gasteiger partial charge is 0.247 e. The van der Waals surface area contributed by atoms with Gasteiger partial charge in [0, 0.05) is 0 Å². The Kier molecular flexibility index (Phi) is 3.24. The van der Waals surface area contributed by atoms with E-state index < -0.39 is 11.7 Å². The summed E-state index contributed by atoms with van der Waals surface area (Å²) in [5.74, 6) is -1.64. The van der Waals surface area contributed by atoms with Crippen LogP contribution in [0.3, 0.4) is 0 Å². The summed E-state index contributed by atoms with van der Waals surface area (Å²) in [6.07, 6.45) is 0.986. The number of amides is 1. The highest BCUT2D eigenvalue weighted by atomic mass is 79.9. The number of carbonyl (C=O) groups excluding carboxylic acids is 1. The molecule has 74 valence electrons. The largest absolute Gasteiger partial charge is 0.506 e. The molecule has 0 spiro atoms. The number of aromatic hydroxyl groups is 1. The molecule has 0 radical (unpaired) electrons. The van der Waals surface area contributed by atoms with Gasteiger partial charge in [-0.1, -0.05) is 6.58 Å². The number of hydrogen-bond donors (Lipinski definition) is 2. The van der Waals surface area contributed by atoms with E-state index in [9.17, 15) is 14.3 Å². The number of rotatable bonds is 2. The SMILES string of the molecule is C=CC(=O)Nc1c(O)ccc(Br)c1F. The van der Waals surface area contributed by atoms with E-state index in [0.717, 1.165) is 6.08 Å². The van der Waals surface area contributed by atoms with E-state index in [1.807, 2.05) is 0 Å². The molecule has 0 atom stereocenters. The number of anilines is 1. The second kappa shape index (κ2) is 4.23. The van der Waals surface area contributed by atoms with Gasteiger partial charge in [0.15, 0.2) is 5.82 Å². The molecule has 1 rings (SSSR count). The topological polar surface area (TPSA) is 49.3 Å². The molecule has 0 unspecified atom stereocenters. The Balaban J connectivity index is 3.12. The van der Waals surface area contributed by atoms with Gasteiger partial charge in [-0.2, -0.15) is 0 Å². The van der Waals surface area contributed by atoms with Crippen molar-refractivity contribution in [1.29, 1.82) is 0 Å². The van der Waals surface area contributed by atoms with Crippen LogP contribution in [-0.4, -0.2) is 11.0 Å². The fraction of sp³-hybridized carbons (Fsp3) is 0. The van der Waals surface area contributed by atoms with E-state index in [1.165, 1.54) is 12.1 Å². The van der Waals surface area contributed by atoms with Crippen LogP contribution in [0.2, 0.25) is 0 Å². The van der Waals surface area contributed by atoms with Crippen LogP contribution in [0, 0.1) is 5.82 Å². The van der Waals surface area contributed by atoms with Crippen molar-refractivity contribution in [3.63, 3.8) is 0 Å². The maximum atomic E-state index is 13.3. The maximum Gasteiger partial charge on any atom is 0.247 e. The Morgan fingerprint density at radius 3 is 2.86 bits per heavy atom. The second-order valence-corrected chi connectivity index (χ2v) is 3.30. The molecule has 0 saturated heterocycles. The van der Waals surface area contributed by atoms with Crippen LogP contribution in [0.1, 0.15) is 0 Å². The summed E-state index contributed by atoms with van der Waals surface area (Å²) >= 11 is 2.93. The lowest BCUT2D eigenvalue weighted by Gasteiger charge is -2.07. The van der Waals surface area contributed by atoms with Crippen molar-refractivity contribution in [3.8, 4) is 5.75 Å². The molecule has 0 heterocycles. The third-order valence-corrected chi connectivity index (χ3v) is 2.12. The predicted molar refractivity (Wildman–Crippen MR) is 54.6 cm³/mol. The summed E-state index contributed by atoms with van der Waals surface area (Å²) in [6, 6.07) is 2.61. The van der Waals surface area contributed by atoms with Gasteiger partial charge in [0.2, 0.25) is 5.91 Å². The molecule has 3 nitrogen and oxygen atoms in total. The number of halogens is 2. The fourth-order valence-corrected chi connectivity index (χ4v) is 1.16. The van der Waals surface area contributed by atoms with Gasteiger partial charge in [0.05, 0.1) is 4.47 Å². The van der Waals surface area contributed by atoms with Crippen LogP contribution < -0.4 is 5.32 Å². The quantitative estimate of drug-likeness (QED) is 0.633. The number of phenols is 1. The third-order valence-electron chi connectivity index (χ3n) is 1.51. The van der Waals surface area contributed by atoms with Crippen LogP contribution >= 0.6 is 15.9 Å². The maximum absolute atomic E-state index is 13.3. The molecule has 0 aliphatic rings. The summed E-state index contributed by atoms with van der Waals surface area (Å²) in [5, 5.41) is 11.4. The van der Waals surface area contributed by atoms with Gasteiger partial charge in [0.1, 0.15) is 11.4 Å². The zero-order chi connectivity index (χ0) is 10.7. The lowest BCUT2D eigenvalue weighted by Crippen LogP contribution is -2.09. The van der Waals surface area contributed by atoms with E-state index in [0.29, 0.717) is 0 Å². The molecule has 0 bridgehead atoms. The monoisotopic (exact) mass is 259 g/mol. The summed E-state index contributed by atoms with van der Waals surface area (Å²) in [4.78, 5) is 10.9. The highest BCUT2D eigenvalue weighted by Crippen LogP contribution is 2.31. The minimum Gasteiger partial charge on any atom is -0.506 e. The van der Waals surface area contributed by atoms with E-state index in [-0.39, 0.29) is 15.9 Å². The number of phenolic OH excluding ortho intramolecular Hbond substituents is 1. The normalized spacial score (nSPS) is 9.57. The highest BCUT2D eigenvalue weighted by Gasteiger charge is 2.12. The third kappa shape index (κ3) is 2.11. The summed E-state index contributed by atoms with van der Waals surface area (Å²) in [7, 11) is 0. The van der Waals surface area contributed by atoms with Crippen LogP contribution in [0.5, 0.6) is 5.75 Å².